The van der Waals surface area contributed by atoms with Crippen LogP contribution in [0.4, 0.5) is 0 Å². The number of nitrogens with one attached hydrogen (secondary N) is 1. The zero-order valence-corrected chi connectivity index (χ0v) is 10.7. The van der Waals surface area contributed by atoms with Crippen LogP contribution in [0.1, 0.15) is 15.9 Å². The molecule has 1 heterocycles. The first kappa shape index (κ1) is 12.8. The molecule has 2 N–H and O–H groups in total. The normalized spacial score (nSPS) is 12.1. The van der Waals surface area contributed by atoms with Crippen molar-refractivity contribution in [3.63, 3.8) is 0 Å². The topological polar surface area (TPSA) is 49.3 Å². The lowest BCUT2D eigenvalue weighted by Gasteiger charge is -2.15. The summed E-state index contributed by atoms with van der Waals surface area (Å²) in [6.45, 7) is -0.0647. The summed E-state index contributed by atoms with van der Waals surface area (Å²) in [6.07, 6.45) is 0.632. The molecule has 4 heteroatoms. The van der Waals surface area contributed by atoms with Crippen molar-refractivity contribution in [1.82, 2.24) is 5.32 Å². The number of aliphatic hydroxyl groups is 1. The molecule has 18 heavy (non-hydrogen) atoms. The van der Waals surface area contributed by atoms with E-state index in [-0.39, 0.29) is 18.6 Å². The van der Waals surface area contributed by atoms with Gasteiger partial charge in [-0.15, -0.1) is 0 Å². The van der Waals surface area contributed by atoms with Crippen LogP contribution in [0, 0.1) is 0 Å². The standard InChI is InChI=1S/C14H15NO2S/c16-9-13(8-11-4-2-1-3-5-11)15-14(17)12-6-7-18-10-12/h1-7,10,13,16H,8-9H2,(H,15,17)/t13-/m0/s1. The molecule has 94 valence electrons. The van der Waals surface area contributed by atoms with E-state index in [1.807, 2.05) is 35.7 Å². The van der Waals surface area contributed by atoms with Crippen molar-refractivity contribution >= 4 is 17.2 Å². The second kappa shape index (κ2) is 6.33. The lowest BCUT2D eigenvalue weighted by Crippen LogP contribution is -2.38. The van der Waals surface area contributed by atoms with Crippen molar-refractivity contribution in [3.05, 3.63) is 58.3 Å². The quantitative estimate of drug-likeness (QED) is 0.865. The molecule has 1 amide bonds. The van der Waals surface area contributed by atoms with Crippen LogP contribution in [0.25, 0.3) is 0 Å². The molecule has 0 aliphatic heterocycles. The molecule has 0 aliphatic rings. The number of carbonyl (C=O) groups is 1. The van der Waals surface area contributed by atoms with Crippen molar-refractivity contribution < 1.29 is 9.90 Å². The maximum atomic E-state index is 11.8. The van der Waals surface area contributed by atoms with Gasteiger partial charge >= 0.3 is 0 Å². The minimum absolute atomic E-state index is 0.0647. The van der Waals surface area contributed by atoms with Gasteiger partial charge in [0.15, 0.2) is 0 Å². The van der Waals surface area contributed by atoms with Crippen molar-refractivity contribution in [1.29, 1.82) is 0 Å². The van der Waals surface area contributed by atoms with Crippen LogP contribution in [0.15, 0.2) is 47.2 Å². The van der Waals surface area contributed by atoms with E-state index in [0.717, 1.165) is 5.56 Å². The average Bonchev–Trinajstić information content (AvgIpc) is 2.93. The third-order valence-electron chi connectivity index (χ3n) is 2.66. The van der Waals surface area contributed by atoms with Crippen molar-refractivity contribution in [2.45, 2.75) is 12.5 Å². The van der Waals surface area contributed by atoms with Gasteiger partial charge < -0.3 is 10.4 Å². The van der Waals surface area contributed by atoms with Gasteiger partial charge in [0, 0.05) is 10.9 Å². The number of hydrogen-bond acceptors (Lipinski definition) is 3. The molecular formula is C14H15NO2S. The number of aliphatic hydroxyl groups excluding tert-OH is 1. The number of amides is 1. The van der Waals surface area contributed by atoms with Crippen LogP contribution in [0.5, 0.6) is 0 Å². The number of rotatable bonds is 5. The Morgan fingerprint density at radius 1 is 1.28 bits per heavy atom. The summed E-state index contributed by atoms with van der Waals surface area (Å²) in [7, 11) is 0. The first-order valence-corrected chi connectivity index (χ1v) is 6.71. The Kier molecular flexibility index (Phi) is 4.50. The van der Waals surface area contributed by atoms with Crippen molar-refractivity contribution in [2.75, 3.05) is 6.61 Å². The van der Waals surface area contributed by atoms with Crippen LogP contribution in [0.2, 0.25) is 0 Å². The molecule has 0 aliphatic carbocycles. The van der Waals surface area contributed by atoms with Crippen molar-refractivity contribution in [3.8, 4) is 0 Å². The number of benzene rings is 1. The molecular weight excluding hydrogens is 246 g/mol. The van der Waals surface area contributed by atoms with Gasteiger partial charge in [0.1, 0.15) is 0 Å². The second-order valence-corrected chi connectivity index (χ2v) is 4.83. The van der Waals surface area contributed by atoms with Crippen LogP contribution in [-0.2, 0) is 6.42 Å². The highest BCUT2D eigenvalue weighted by Gasteiger charge is 2.13. The summed E-state index contributed by atoms with van der Waals surface area (Å²) in [5, 5.41) is 15.8. The Morgan fingerprint density at radius 2 is 2.06 bits per heavy atom. The fourth-order valence-electron chi connectivity index (χ4n) is 1.72. The minimum atomic E-state index is -0.250. The molecule has 2 aromatic rings. The van der Waals surface area contributed by atoms with Gasteiger partial charge in [-0.3, -0.25) is 4.79 Å². The number of hydrogen-bond donors (Lipinski definition) is 2. The van der Waals surface area contributed by atoms with Gasteiger partial charge in [-0.2, -0.15) is 11.3 Å². The minimum Gasteiger partial charge on any atom is -0.394 e. The molecule has 2 rings (SSSR count). The highest BCUT2D eigenvalue weighted by molar-refractivity contribution is 7.08. The molecule has 0 bridgehead atoms. The number of carbonyl (C=O) groups excluding carboxylic acids is 1. The SMILES string of the molecule is O=C(N[C@H](CO)Cc1ccccc1)c1ccsc1. The van der Waals surface area contributed by atoms with E-state index in [0.29, 0.717) is 12.0 Å². The second-order valence-electron chi connectivity index (χ2n) is 4.05. The van der Waals surface area contributed by atoms with Gasteiger partial charge in [0.25, 0.3) is 5.91 Å². The highest BCUT2D eigenvalue weighted by atomic mass is 32.1. The molecule has 1 atom stereocenters. The molecule has 0 fully saturated rings. The van der Waals surface area contributed by atoms with E-state index in [2.05, 4.69) is 5.32 Å². The monoisotopic (exact) mass is 261 g/mol. The zero-order chi connectivity index (χ0) is 12.8. The van der Waals surface area contributed by atoms with Crippen molar-refractivity contribution in [2.24, 2.45) is 0 Å². The summed E-state index contributed by atoms with van der Waals surface area (Å²) >= 11 is 1.48. The predicted octanol–water partition coefficient (Wildman–Crippen LogP) is 2.08. The molecule has 1 aromatic heterocycles. The van der Waals surface area contributed by atoms with Gasteiger partial charge in [-0.05, 0) is 23.4 Å². The Balaban J connectivity index is 1.96. The highest BCUT2D eigenvalue weighted by Crippen LogP contribution is 2.07. The summed E-state index contributed by atoms with van der Waals surface area (Å²) in [5.41, 5.74) is 1.74. The van der Waals surface area contributed by atoms with Crippen LogP contribution >= 0.6 is 11.3 Å². The smallest absolute Gasteiger partial charge is 0.252 e. The fourth-order valence-corrected chi connectivity index (χ4v) is 2.36. The molecule has 0 spiro atoms. The summed E-state index contributed by atoms with van der Waals surface area (Å²) in [6, 6.07) is 11.3. The molecule has 3 nitrogen and oxygen atoms in total. The molecule has 0 saturated carbocycles. The third-order valence-corrected chi connectivity index (χ3v) is 3.35. The van der Waals surface area contributed by atoms with Crippen LogP contribution < -0.4 is 5.32 Å². The van der Waals surface area contributed by atoms with Crippen LogP contribution in [-0.4, -0.2) is 23.7 Å². The summed E-state index contributed by atoms with van der Waals surface area (Å²) in [4.78, 5) is 11.8. The van der Waals surface area contributed by atoms with E-state index < -0.39 is 0 Å². The molecule has 0 saturated heterocycles. The average molecular weight is 261 g/mol. The summed E-state index contributed by atoms with van der Waals surface area (Å²) < 4.78 is 0. The van der Waals surface area contributed by atoms with Crippen LogP contribution in [0.3, 0.4) is 0 Å². The predicted molar refractivity (Wildman–Crippen MR) is 72.8 cm³/mol. The zero-order valence-electron chi connectivity index (χ0n) is 9.87. The largest absolute Gasteiger partial charge is 0.394 e. The fraction of sp³-hybridized carbons (Fsp3) is 0.214. The van der Waals surface area contributed by atoms with E-state index in [9.17, 15) is 9.90 Å². The first-order chi connectivity index (χ1) is 8.79. The molecule has 0 radical (unpaired) electrons. The Morgan fingerprint density at radius 3 is 2.67 bits per heavy atom. The Labute approximate surface area is 110 Å². The lowest BCUT2D eigenvalue weighted by atomic mass is 10.1. The van der Waals surface area contributed by atoms with E-state index in [1.54, 1.807) is 11.4 Å². The maximum Gasteiger partial charge on any atom is 0.252 e. The van der Waals surface area contributed by atoms with E-state index in [1.165, 1.54) is 11.3 Å². The van der Waals surface area contributed by atoms with Gasteiger partial charge in [0.05, 0.1) is 12.6 Å². The maximum absolute atomic E-state index is 11.8. The Bertz CT molecular complexity index is 482. The number of thiophene rings is 1. The van der Waals surface area contributed by atoms with Gasteiger partial charge in [-0.1, -0.05) is 30.3 Å². The third kappa shape index (κ3) is 3.42. The first-order valence-electron chi connectivity index (χ1n) is 5.77. The molecule has 1 aromatic carbocycles. The van der Waals surface area contributed by atoms with Gasteiger partial charge in [-0.25, -0.2) is 0 Å². The Hall–Kier alpha value is -1.65. The lowest BCUT2D eigenvalue weighted by molar-refractivity contribution is 0.0917. The van der Waals surface area contributed by atoms with Gasteiger partial charge in [0.2, 0.25) is 0 Å². The summed E-state index contributed by atoms with van der Waals surface area (Å²) in [5.74, 6) is -0.133. The van der Waals surface area contributed by atoms with E-state index >= 15 is 0 Å². The molecule has 0 unspecified atom stereocenters. The van der Waals surface area contributed by atoms with E-state index in [4.69, 9.17) is 0 Å².